The van der Waals surface area contributed by atoms with E-state index < -0.39 is 0 Å². The lowest BCUT2D eigenvalue weighted by molar-refractivity contribution is 0.121. The summed E-state index contributed by atoms with van der Waals surface area (Å²) in [4.78, 5) is 4.74. The summed E-state index contributed by atoms with van der Waals surface area (Å²) in [7, 11) is 3.36. The van der Waals surface area contributed by atoms with E-state index in [1.165, 1.54) is 17.2 Å². The third-order valence-corrected chi connectivity index (χ3v) is 6.05. The van der Waals surface area contributed by atoms with Crippen molar-refractivity contribution in [1.29, 1.82) is 0 Å². The summed E-state index contributed by atoms with van der Waals surface area (Å²) in [6, 6.07) is 21.4. The summed E-state index contributed by atoms with van der Waals surface area (Å²) >= 11 is 0. The zero-order valence-electron chi connectivity index (χ0n) is 18.3. The summed E-state index contributed by atoms with van der Waals surface area (Å²) in [5.74, 6) is 1.42. The van der Waals surface area contributed by atoms with E-state index in [-0.39, 0.29) is 12.0 Å². The third-order valence-electron chi connectivity index (χ3n) is 6.05. The molecule has 0 radical (unpaired) electrons. The molecule has 0 spiro atoms. The fourth-order valence-electron chi connectivity index (χ4n) is 4.35. The van der Waals surface area contributed by atoms with Crippen molar-refractivity contribution in [3.8, 4) is 11.5 Å². The van der Waals surface area contributed by atoms with Gasteiger partial charge in [0.05, 0.1) is 20.4 Å². The van der Waals surface area contributed by atoms with E-state index in [1.807, 2.05) is 30.3 Å². The number of methoxy groups -OCH3 is 2. The Kier molecular flexibility index (Phi) is 6.54. The summed E-state index contributed by atoms with van der Waals surface area (Å²) in [5, 5.41) is 0. The summed E-state index contributed by atoms with van der Waals surface area (Å²) in [5.41, 5.74) is 4.30. The Bertz CT molecular complexity index is 984. The van der Waals surface area contributed by atoms with E-state index in [1.54, 1.807) is 20.3 Å². The van der Waals surface area contributed by atoms with E-state index in [4.69, 9.17) is 9.47 Å². The zero-order valence-corrected chi connectivity index (χ0v) is 18.3. The highest BCUT2D eigenvalue weighted by atomic mass is 19.1. The van der Waals surface area contributed by atoms with Gasteiger partial charge in [-0.25, -0.2) is 4.39 Å². The number of hydrogen-bond donors (Lipinski definition) is 0. The molecule has 5 heteroatoms. The fourth-order valence-corrected chi connectivity index (χ4v) is 4.35. The molecule has 0 N–H and O–H groups in total. The average molecular weight is 421 g/mol. The van der Waals surface area contributed by atoms with Crippen LogP contribution in [0.3, 0.4) is 0 Å². The number of ether oxygens (including phenoxy) is 2. The van der Waals surface area contributed by atoms with Crippen molar-refractivity contribution in [3.05, 3.63) is 94.8 Å². The lowest BCUT2D eigenvalue weighted by Crippen LogP contribution is -2.31. The first kappa shape index (κ1) is 21.3. The Morgan fingerprint density at radius 1 is 0.839 bits per heavy atom. The molecule has 1 unspecified atom stereocenters. The van der Waals surface area contributed by atoms with Crippen LogP contribution in [-0.2, 0) is 13.1 Å². The van der Waals surface area contributed by atoms with Crippen molar-refractivity contribution in [2.24, 2.45) is 0 Å². The Balaban J connectivity index is 1.72. The molecule has 0 aromatic heterocycles. The highest BCUT2D eigenvalue weighted by Gasteiger charge is 2.35. The summed E-state index contributed by atoms with van der Waals surface area (Å²) in [6.07, 6.45) is -0.0516. The van der Waals surface area contributed by atoms with Gasteiger partial charge in [-0.2, -0.15) is 0 Å². The van der Waals surface area contributed by atoms with E-state index in [2.05, 4.69) is 41.0 Å². The second-order valence-electron chi connectivity index (χ2n) is 7.94. The molecule has 4 nitrogen and oxygen atoms in total. The first-order valence-electron chi connectivity index (χ1n) is 10.6. The van der Waals surface area contributed by atoms with Crippen molar-refractivity contribution in [2.45, 2.75) is 26.2 Å². The van der Waals surface area contributed by atoms with Crippen LogP contribution in [0.25, 0.3) is 0 Å². The standard InChI is InChI=1S/C26H29FN2O2/c1-19-8-4-5-9-20(19)17-28-14-15-29(18-21-10-6-7-11-24(21)27)26(28)23-16-22(30-2)12-13-25(23)31-3/h4-13,16,26H,14-15,17-18H2,1-3H3. The van der Waals surface area contributed by atoms with Crippen LogP contribution in [-0.4, -0.2) is 37.1 Å². The van der Waals surface area contributed by atoms with E-state index in [9.17, 15) is 4.39 Å². The van der Waals surface area contributed by atoms with Gasteiger partial charge in [0.25, 0.3) is 0 Å². The number of nitrogens with zero attached hydrogens (tertiary/aromatic N) is 2. The minimum Gasteiger partial charge on any atom is -0.497 e. The average Bonchev–Trinajstić information content (AvgIpc) is 3.18. The minimum atomic E-state index is -0.170. The molecule has 1 fully saturated rings. The van der Waals surface area contributed by atoms with Crippen LogP contribution in [0.2, 0.25) is 0 Å². The molecular formula is C26H29FN2O2. The van der Waals surface area contributed by atoms with Crippen LogP contribution in [0.1, 0.15) is 28.4 Å². The lowest BCUT2D eigenvalue weighted by Gasteiger charge is -2.32. The normalized spacial score (nSPS) is 17.1. The SMILES string of the molecule is COc1ccc(OC)c(C2N(Cc3ccccc3C)CCN2Cc2ccccc2F)c1. The van der Waals surface area contributed by atoms with Gasteiger partial charge in [0.1, 0.15) is 17.3 Å². The van der Waals surface area contributed by atoms with Crippen LogP contribution in [0.5, 0.6) is 11.5 Å². The second kappa shape index (κ2) is 9.50. The Hall–Kier alpha value is -2.89. The van der Waals surface area contributed by atoms with Crippen molar-refractivity contribution in [1.82, 2.24) is 9.80 Å². The molecule has 4 rings (SSSR count). The van der Waals surface area contributed by atoms with Gasteiger partial charge < -0.3 is 9.47 Å². The van der Waals surface area contributed by atoms with Crippen molar-refractivity contribution < 1.29 is 13.9 Å². The van der Waals surface area contributed by atoms with Gasteiger partial charge in [-0.1, -0.05) is 42.5 Å². The molecule has 0 amide bonds. The molecule has 1 aliphatic rings. The predicted octanol–water partition coefficient (Wildman–Crippen LogP) is 5.17. The monoisotopic (exact) mass is 420 g/mol. The number of halogens is 1. The maximum atomic E-state index is 14.4. The van der Waals surface area contributed by atoms with Crippen molar-refractivity contribution >= 4 is 0 Å². The van der Waals surface area contributed by atoms with E-state index in [0.29, 0.717) is 12.1 Å². The summed E-state index contributed by atoms with van der Waals surface area (Å²) in [6.45, 7) is 5.20. The van der Waals surface area contributed by atoms with Crippen LogP contribution in [0.15, 0.2) is 66.7 Å². The van der Waals surface area contributed by atoms with Crippen LogP contribution in [0, 0.1) is 12.7 Å². The van der Waals surface area contributed by atoms with E-state index >= 15 is 0 Å². The molecular weight excluding hydrogens is 391 g/mol. The number of benzene rings is 3. The van der Waals surface area contributed by atoms with Crippen LogP contribution < -0.4 is 9.47 Å². The number of hydrogen-bond acceptors (Lipinski definition) is 4. The third kappa shape index (κ3) is 4.58. The number of rotatable bonds is 7. The Morgan fingerprint density at radius 3 is 2.13 bits per heavy atom. The molecule has 1 heterocycles. The maximum absolute atomic E-state index is 14.4. The first-order valence-corrected chi connectivity index (χ1v) is 10.6. The maximum Gasteiger partial charge on any atom is 0.127 e. The highest BCUT2D eigenvalue weighted by Crippen LogP contribution is 2.39. The van der Waals surface area contributed by atoms with Crippen LogP contribution >= 0.6 is 0 Å². The highest BCUT2D eigenvalue weighted by molar-refractivity contribution is 5.43. The van der Waals surface area contributed by atoms with Gasteiger partial charge in [-0.15, -0.1) is 0 Å². The topological polar surface area (TPSA) is 24.9 Å². The van der Waals surface area contributed by atoms with Crippen molar-refractivity contribution in [2.75, 3.05) is 27.3 Å². The van der Waals surface area contributed by atoms with Gasteiger partial charge in [-0.05, 0) is 42.3 Å². The second-order valence-corrected chi connectivity index (χ2v) is 7.94. The smallest absolute Gasteiger partial charge is 0.127 e. The van der Waals surface area contributed by atoms with Gasteiger partial charge in [0.15, 0.2) is 0 Å². The first-order chi connectivity index (χ1) is 15.1. The lowest BCUT2D eigenvalue weighted by atomic mass is 10.1. The fraction of sp³-hybridized carbons (Fsp3) is 0.308. The number of aryl methyl sites for hydroxylation is 1. The molecule has 0 bridgehead atoms. The molecule has 3 aromatic carbocycles. The van der Waals surface area contributed by atoms with Gasteiger partial charge >= 0.3 is 0 Å². The largest absolute Gasteiger partial charge is 0.497 e. The molecule has 0 saturated carbocycles. The molecule has 1 atom stereocenters. The Labute approximate surface area is 183 Å². The van der Waals surface area contributed by atoms with Gasteiger partial charge in [-0.3, -0.25) is 9.80 Å². The quantitative estimate of drug-likeness (QED) is 0.527. The molecule has 0 aliphatic carbocycles. The summed E-state index contributed by atoms with van der Waals surface area (Å²) < 4.78 is 25.7. The predicted molar refractivity (Wildman–Crippen MR) is 121 cm³/mol. The van der Waals surface area contributed by atoms with Gasteiger partial charge in [0.2, 0.25) is 0 Å². The molecule has 1 aliphatic heterocycles. The molecule has 1 saturated heterocycles. The molecule has 3 aromatic rings. The zero-order chi connectivity index (χ0) is 21.8. The van der Waals surface area contributed by atoms with Gasteiger partial charge in [0, 0.05) is 37.3 Å². The van der Waals surface area contributed by atoms with E-state index in [0.717, 1.165) is 36.7 Å². The minimum absolute atomic E-state index is 0.0516. The van der Waals surface area contributed by atoms with Crippen LogP contribution in [0.4, 0.5) is 4.39 Å². The molecule has 31 heavy (non-hydrogen) atoms. The molecule has 162 valence electrons. The van der Waals surface area contributed by atoms with Crippen molar-refractivity contribution in [3.63, 3.8) is 0 Å². The Morgan fingerprint density at radius 2 is 1.48 bits per heavy atom.